The molecule has 0 aliphatic carbocycles. The predicted octanol–water partition coefficient (Wildman–Crippen LogP) is 3.15. The second-order valence-electron chi connectivity index (χ2n) is 11.0. The number of amides is 4. The van der Waals surface area contributed by atoms with E-state index in [1.165, 1.54) is 9.80 Å². The topological polar surface area (TPSA) is 132 Å². The van der Waals surface area contributed by atoms with Crippen LogP contribution in [-0.4, -0.2) is 70.9 Å². The zero-order valence-electron chi connectivity index (χ0n) is 22.6. The summed E-state index contributed by atoms with van der Waals surface area (Å²) in [6.07, 6.45) is -0.0994. The third-order valence-electron chi connectivity index (χ3n) is 5.50. The number of nitrogens with one attached hydrogen (secondary N) is 2. The molecule has 37 heavy (non-hydrogen) atoms. The minimum Gasteiger partial charge on any atom is -0.444 e. The molecule has 4 amide bonds. The van der Waals surface area contributed by atoms with Crippen LogP contribution in [0.2, 0.25) is 0 Å². The van der Waals surface area contributed by atoms with Gasteiger partial charge in [-0.3, -0.25) is 14.4 Å². The molecule has 2 aliphatic rings. The molecule has 0 aromatic heterocycles. The number of hydrogen-bond donors (Lipinski definition) is 2. The number of carbonyl (C=O) groups excluding carboxylic acids is 4. The molecule has 1 aromatic carbocycles. The molecule has 2 aliphatic heterocycles. The van der Waals surface area contributed by atoms with E-state index in [9.17, 15) is 24.4 Å². The van der Waals surface area contributed by atoms with Crippen LogP contribution in [0, 0.1) is 23.2 Å². The Balaban J connectivity index is 0.00000112. The third kappa shape index (κ3) is 9.41. The fourth-order valence-electron chi connectivity index (χ4n) is 3.92. The Hall–Kier alpha value is -3.61. The van der Waals surface area contributed by atoms with Crippen LogP contribution in [0.3, 0.4) is 0 Å². The maximum atomic E-state index is 12.9. The Morgan fingerprint density at radius 3 is 2.35 bits per heavy atom. The zero-order chi connectivity index (χ0) is 27.8. The molecule has 0 spiro atoms. The van der Waals surface area contributed by atoms with Gasteiger partial charge in [-0.25, -0.2) is 4.79 Å². The molecule has 2 saturated heterocycles. The van der Waals surface area contributed by atoms with E-state index >= 15 is 0 Å². The summed E-state index contributed by atoms with van der Waals surface area (Å²) in [4.78, 5) is 52.8. The number of nitrogens with zero attached hydrogens (tertiary/aromatic N) is 3. The van der Waals surface area contributed by atoms with Gasteiger partial charge in [0.1, 0.15) is 17.7 Å². The van der Waals surface area contributed by atoms with Crippen LogP contribution in [0.25, 0.3) is 0 Å². The largest absolute Gasteiger partial charge is 0.444 e. The molecular formula is C27H39N5O5. The summed E-state index contributed by atoms with van der Waals surface area (Å²) in [7, 11) is 0. The van der Waals surface area contributed by atoms with Crippen molar-refractivity contribution in [3.8, 4) is 6.07 Å². The minimum atomic E-state index is -0.762. The molecule has 202 valence electrons. The first kappa shape index (κ1) is 29.6. The van der Waals surface area contributed by atoms with E-state index < -0.39 is 35.6 Å². The zero-order valence-corrected chi connectivity index (χ0v) is 22.6. The van der Waals surface area contributed by atoms with Crippen LogP contribution in [0.5, 0.6) is 0 Å². The molecule has 3 rings (SSSR count). The van der Waals surface area contributed by atoms with Gasteiger partial charge in [0, 0.05) is 18.8 Å². The van der Waals surface area contributed by atoms with Crippen molar-refractivity contribution in [2.45, 2.75) is 72.1 Å². The van der Waals surface area contributed by atoms with Gasteiger partial charge >= 0.3 is 6.09 Å². The lowest BCUT2D eigenvalue weighted by atomic mass is 10.1. The van der Waals surface area contributed by atoms with Crippen LogP contribution in [0.4, 0.5) is 10.5 Å². The SMILES string of the molecule is CC(C)(C)OC(=O)NC1CCN(CC(=O)N2CC(C(=O)Nc3ccccc3)CC2C#N)C1=O.CC(C)C. The van der Waals surface area contributed by atoms with E-state index in [1.807, 2.05) is 6.07 Å². The number of nitriles is 1. The highest BCUT2D eigenvalue weighted by Gasteiger charge is 2.41. The fraction of sp³-hybridized carbons (Fsp3) is 0.593. The molecule has 3 atom stereocenters. The molecule has 2 fully saturated rings. The number of benzene rings is 1. The number of para-hydroxylation sites is 1. The van der Waals surface area contributed by atoms with Crippen molar-refractivity contribution in [1.29, 1.82) is 5.26 Å². The van der Waals surface area contributed by atoms with E-state index in [0.29, 0.717) is 18.7 Å². The van der Waals surface area contributed by atoms with E-state index in [4.69, 9.17) is 4.74 Å². The first-order chi connectivity index (χ1) is 17.3. The Morgan fingerprint density at radius 2 is 1.78 bits per heavy atom. The third-order valence-corrected chi connectivity index (χ3v) is 5.50. The lowest BCUT2D eigenvalue weighted by Crippen LogP contribution is -2.47. The summed E-state index contributed by atoms with van der Waals surface area (Å²) in [6.45, 7) is 11.9. The van der Waals surface area contributed by atoms with Crippen LogP contribution >= 0.6 is 0 Å². The van der Waals surface area contributed by atoms with E-state index in [-0.39, 0.29) is 31.3 Å². The molecular weight excluding hydrogens is 474 g/mol. The number of hydrogen-bond acceptors (Lipinski definition) is 6. The van der Waals surface area contributed by atoms with Crippen molar-refractivity contribution >= 4 is 29.5 Å². The van der Waals surface area contributed by atoms with Crippen molar-refractivity contribution in [3.05, 3.63) is 30.3 Å². The first-order valence-corrected chi connectivity index (χ1v) is 12.6. The number of alkyl carbamates (subject to hydrolysis) is 1. The Labute approximate surface area is 219 Å². The van der Waals surface area contributed by atoms with Gasteiger partial charge in [-0.2, -0.15) is 5.26 Å². The second-order valence-corrected chi connectivity index (χ2v) is 11.0. The van der Waals surface area contributed by atoms with E-state index in [0.717, 1.165) is 5.92 Å². The highest BCUT2D eigenvalue weighted by atomic mass is 16.6. The van der Waals surface area contributed by atoms with Crippen LogP contribution in [0.15, 0.2) is 30.3 Å². The number of ether oxygens (including phenoxy) is 1. The molecule has 0 bridgehead atoms. The average Bonchev–Trinajstić information content (AvgIpc) is 3.37. The van der Waals surface area contributed by atoms with Crippen LogP contribution in [0.1, 0.15) is 54.4 Å². The maximum absolute atomic E-state index is 12.9. The van der Waals surface area contributed by atoms with Gasteiger partial charge in [-0.1, -0.05) is 39.0 Å². The average molecular weight is 514 g/mol. The van der Waals surface area contributed by atoms with Gasteiger partial charge in [-0.05, 0) is 51.7 Å². The fourth-order valence-corrected chi connectivity index (χ4v) is 3.92. The van der Waals surface area contributed by atoms with Crippen molar-refractivity contribution < 1.29 is 23.9 Å². The summed E-state index contributed by atoms with van der Waals surface area (Å²) in [5, 5.41) is 14.8. The lowest BCUT2D eigenvalue weighted by molar-refractivity contribution is -0.139. The summed E-state index contributed by atoms with van der Waals surface area (Å²) in [6, 6.07) is 9.55. The number of carbonyl (C=O) groups is 4. The van der Waals surface area contributed by atoms with Gasteiger partial charge in [-0.15, -0.1) is 0 Å². The normalized spacial score (nSPS) is 21.1. The van der Waals surface area contributed by atoms with Gasteiger partial charge in [0.2, 0.25) is 17.7 Å². The smallest absolute Gasteiger partial charge is 0.408 e. The van der Waals surface area contributed by atoms with Crippen molar-refractivity contribution in [2.75, 3.05) is 25.0 Å². The van der Waals surface area contributed by atoms with Crippen molar-refractivity contribution in [1.82, 2.24) is 15.1 Å². The summed E-state index contributed by atoms with van der Waals surface area (Å²) < 4.78 is 5.18. The Bertz CT molecular complexity index is 996. The standard InChI is InChI=1S/C23H29N5O5.C4H10/c1-23(2,3)33-22(32)26-18-9-10-27(21(18)31)14-19(29)28-13-15(11-17(28)12-24)20(30)25-16-7-5-4-6-8-16;1-4(2)3/h4-8,15,17-18H,9-11,13-14H2,1-3H3,(H,25,30)(H,26,32);4H,1-3H3. The number of likely N-dealkylation sites (tertiary alicyclic amines) is 2. The molecule has 0 radical (unpaired) electrons. The van der Waals surface area contributed by atoms with Gasteiger partial charge in [0.05, 0.1) is 18.5 Å². The highest BCUT2D eigenvalue weighted by molar-refractivity contribution is 5.94. The highest BCUT2D eigenvalue weighted by Crippen LogP contribution is 2.25. The van der Waals surface area contributed by atoms with Gasteiger partial charge in [0.25, 0.3) is 0 Å². The number of anilines is 1. The molecule has 0 saturated carbocycles. The lowest BCUT2D eigenvalue weighted by Gasteiger charge is -2.24. The predicted molar refractivity (Wildman–Crippen MR) is 139 cm³/mol. The van der Waals surface area contributed by atoms with Gasteiger partial charge < -0.3 is 25.2 Å². The van der Waals surface area contributed by atoms with E-state index in [2.05, 4.69) is 37.5 Å². The molecule has 3 unspecified atom stereocenters. The Morgan fingerprint density at radius 1 is 1.16 bits per heavy atom. The second kappa shape index (κ2) is 13.1. The monoisotopic (exact) mass is 513 g/mol. The van der Waals surface area contributed by atoms with Gasteiger partial charge in [0.15, 0.2) is 0 Å². The first-order valence-electron chi connectivity index (χ1n) is 12.6. The molecule has 10 heteroatoms. The minimum absolute atomic E-state index is 0.108. The Kier molecular flexibility index (Phi) is 10.5. The maximum Gasteiger partial charge on any atom is 0.408 e. The summed E-state index contributed by atoms with van der Waals surface area (Å²) >= 11 is 0. The summed E-state index contributed by atoms with van der Waals surface area (Å²) in [5.74, 6) is -0.714. The molecule has 1 aromatic rings. The number of rotatable bonds is 5. The van der Waals surface area contributed by atoms with Crippen molar-refractivity contribution in [2.24, 2.45) is 11.8 Å². The summed E-state index contributed by atoms with van der Waals surface area (Å²) in [5.41, 5.74) is -0.0424. The van der Waals surface area contributed by atoms with Crippen LogP contribution in [-0.2, 0) is 19.1 Å². The van der Waals surface area contributed by atoms with E-state index in [1.54, 1.807) is 45.0 Å². The molecule has 10 nitrogen and oxygen atoms in total. The van der Waals surface area contributed by atoms with Crippen LogP contribution < -0.4 is 10.6 Å². The van der Waals surface area contributed by atoms with Crippen molar-refractivity contribution in [3.63, 3.8) is 0 Å². The molecule has 2 heterocycles. The molecule has 2 N–H and O–H groups in total. The quantitative estimate of drug-likeness (QED) is 0.622.